The van der Waals surface area contributed by atoms with Crippen LogP contribution in [0.1, 0.15) is 36.7 Å². The maximum absolute atomic E-state index is 12.9. The molecule has 7 heteroatoms. The van der Waals surface area contributed by atoms with Crippen molar-refractivity contribution < 1.29 is 18.4 Å². The Kier molecular flexibility index (Phi) is 5.23. The molecule has 1 amide bonds. The molecule has 0 unspecified atom stereocenters. The average molecular weight is 345 g/mol. The number of carbonyl (C=O) groups is 1. The van der Waals surface area contributed by atoms with E-state index in [0.29, 0.717) is 24.8 Å². The van der Waals surface area contributed by atoms with Crippen LogP contribution in [0.25, 0.3) is 6.08 Å². The quantitative estimate of drug-likeness (QED) is 0.852. The normalized spacial score (nSPS) is 21.0. The SMILES string of the molecule is Cc1noc([C@H]2CN(C(=O)C/C=C/c3ccc(F)cc3)C[C@@H](C)O2)n1. The first kappa shape index (κ1) is 17.3. The fourth-order valence-corrected chi connectivity index (χ4v) is 2.73. The second kappa shape index (κ2) is 7.57. The molecule has 1 aliphatic rings. The molecule has 25 heavy (non-hydrogen) atoms. The third-order valence-corrected chi connectivity index (χ3v) is 3.90. The van der Waals surface area contributed by atoms with Crippen LogP contribution in [0.3, 0.4) is 0 Å². The van der Waals surface area contributed by atoms with Gasteiger partial charge in [-0.1, -0.05) is 29.4 Å². The summed E-state index contributed by atoms with van der Waals surface area (Å²) in [5.41, 5.74) is 0.851. The van der Waals surface area contributed by atoms with E-state index in [-0.39, 0.29) is 24.2 Å². The minimum Gasteiger partial charge on any atom is -0.362 e. The Labute approximate surface area is 145 Å². The number of carbonyl (C=O) groups excluding carboxylic acids is 1. The molecule has 0 spiro atoms. The molecule has 132 valence electrons. The van der Waals surface area contributed by atoms with Crippen LogP contribution in [0, 0.1) is 12.7 Å². The van der Waals surface area contributed by atoms with Crippen LogP contribution in [0.5, 0.6) is 0 Å². The highest BCUT2D eigenvalue weighted by atomic mass is 19.1. The largest absolute Gasteiger partial charge is 0.362 e. The van der Waals surface area contributed by atoms with Crippen molar-refractivity contribution in [1.82, 2.24) is 15.0 Å². The van der Waals surface area contributed by atoms with Crippen molar-refractivity contribution >= 4 is 12.0 Å². The zero-order chi connectivity index (χ0) is 17.8. The van der Waals surface area contributed by atoms with E-state index in [1.807, 2.05) is 6.92 Å². The van der Waals surface area contributed by atoms with Gasteiger partial charge in [-0.15, -0.1) is 0 Å². The van der Waals surface area contributed by atoms with Gasteiger partial charge in [0.1, 0.15) is 5.82 Å². The van der Waals surface area contributed by atoms with E-state index in [9.17, 15) is 9.18 Å². The van der Waals surface area contributed by atoms with Crippen molar-refractivity contribution in [3.8, 4) is 0 Å². The number of rotatable bonds is 4. The van der Waals surface area contributed by atoms with E-state index < -0.39 is 6.10 Å². The smallest absolute Gasteiger partial charge is 0.257 e. The van der Waals surface area contributed by atoms with Crippen molar-refractivity contribution in [3.05, 3.63) is 53.4 Å². The summed E-state index contributed by atoms with van der Waals surface area (Å²) in [5.74, 6) is 0.647. The fraction of sp³-hybridized carbons (Fsp3) is 0.389. The van der Waals surface area contributed by atoms with Crippen LogP contribution in [-0.4, -0.2) is 40.1 Å². The maximum atomic E-state index is 12.9. The van der Waals surface area contributed by atoms with Crippen molar-refractivity contribution in [3.63, 3.8) is 0 Å². The summed E-state index contributed by atoms with van der Waals surface area (Å²) in [5, 5.41) is 3.77. The van der Waals surface area contributed by atoms with Gasteiger partial charge in [0.05, 0.1) is 12.6 Å². The lowest BCUT2D eigenvalue weighted by Gasteiger charge is -2.35. The average Bonchev–Trinajstić information content (AvgIpc) is 3.02. The molecule has 2 atom stereocenters. The molecule has 1 aromatic carbocycles. The van der Waals surface area contributed by atoms with E-state index in [4.69, 9.17) is 9.26 Å². The topological polar surface area (TPSA) is 68.5 Å². The van der Waals surface area contributed by atoms with Gasteiger partial charge in [0, 0.05) is 13.0 Å². The molecule has 0 aliphatic carbocycles. The zero-order valence-electron chi connectivity index (χ0n) is 14.2. The Morgan fingerprint density at radius 1 is 1.36 bits per heavy atom. The molecule has 0 saturated carbocycles. The first-order valence-corrected chi connectivity index (χ1v) is 8.17. The molecule has 3 rings (SSSR count). The summed E-state index contributed by atoms with van der Waals surface area (Å²) in [6.45, 7) is 4.55. The number of hydrogen-bond donors (Lipinski definition) is 0. The molecule has 1 saturated heterocycles. The van der Waals surface area contributed by atoms with Gasteiger partial charge in [-0.3, -0.25) is 4.79 Å². The first-order chi connectivity index (χ1) is 12.0. The Morgan fingerprint density at radius 2 is 2.12 bits per heavy atom. The molecule has 0 bridgehead atoms. The van der Waals surface area contributed by atoms with E-state index >= 15 is 0 Å². The van der Waals surface area contributed by atoms with Gasteiger partial charge in [0.15, 0.2) is 11.9 Å². The van der Waals surface area contributed by atoms with Crippen molar-refractivity contribution in [2.75, 3.05) is 13.1 Å². The van der Waals surface area contributed by atoms with Crippen molar-refractivity contribution in [1.29, 1.82) is 0 Å². The Morgan fingerprint density at radius 3 is 2.80 bits per heavy atom. The molecule has 0 N–H and O–H groups in total. The highest BCUT2D eigenvalue weighted by molar-refractivity contribution is 5.78. The van der Waals surface area contributed by atoms with Gasteiger partial charge < -0.3 is 14.2 Å². The summed E-state index contributed by atoms with van der Waals surface area (Å²) >= 11 is 0. The van der Waals surface area contributed by atoms with Gasteiger partial charge in [-0.25, -0.2) is 4.39 Å². The summed E-state index contributed by atoms with van der Waals surface area (Å²) in [6, 6.07) is 6.12. The van der Waals surface area contributed by atoms with Gasteiger partial charge in [0.2, 0.25) is 5.91 Å². The number of nitrogens with zero attached hydrogens (tertiary/aromatic N) is 3. The zero-order valence-corrected chi connectivity index (χ0v) is 14.2. The number of halogens is 1. The number of aryl methyl sites for hydroxylation is 1. The lowest BCUT2D eigenvalue weighted by Crippen LogP contribution is -2.45. The molecule has 1 fully saturated rings. The molecule has 6 nitrogen and oxygen atoms in total. The number of ether oxygens (including phenoxy) is 1. The number of aromatic nitrogens is 2. The predicted octanol–water partition coefficient (Wildman–Crippen LogP) is 2.91. The summed E-state index contributed by atoms with van der Waals surface area (Å²) < 4.78 is 23.8. The Bertz CT molecular complexity index is 757. The predicted molar refractivity (Wildman–Crippen MR) is 89.0 cm³/mol. The molecule has 1 aliphatic heterocycles. The Hall–Kier alpha value is -2.54. The molecular formula is C18H20FN3O3. The highest BCUT2D eigenvalue weighted by Gasteiger charge is 2.32. The van der Waals surface area contributed by atoms with Crippen molar-refractivity contribution in [2.24, 2.45) is 0 Å². The van der Waals surface area contributed by atoms with E-state index in [1.54, 1.807) is 36.1 Å². The standard InChI is InChI=1S/C18H20FN3O3/c1-12-10-22(11-16(24-12)18-20-13(2)21-25-18)17(23)5-3-4-14-6-8-15(19)9-7-14/h3-4,6-9,12,16H,5,10-11H2,1-2H3/b4-3+/t12-,16-/m1/s1. The van der Waals surface area contributed by atoms with Crippen LogP contribution in [0.15, 0.2) is 34.9 Å². The van der Waals surface area contributed by atoms with Gasteiger partial charge in [-0.2, -0.15) is 4.98 Å². The number of amides is 1. The van der Waals surface area contributed by atoms with E-state index in [2.05, 4.69) is 10.1 Å². The number of morpholine rings is 1. The highest BCUT2D eigenvalue weighted by Crippen LogP contribution is 2.24. The molecule has 1 aromatic heterocycles. The maximum Gasteiger partial charge on any atom is 0.257 e. The second-order valence-corrected chi connectivity index (χ2v) is 6.07. The van der Waals surface area contributed by atoms with E-state index in [1.165, 1.54) is 12.1 Å². The van der Waals surface area contributed by atoms with Crippen LogP contribution in [0.4, 0.5) is 4.39 Å². The van der Waals surface area contributed by atoms with Crippen molar-refractivity contribution in [2.45, 2.75) is 32.5 Å². The molecular weight excluding hydrogens is 325 g/mol. The first-order valence-electron chi connectivity index (χ1n) is 8.17. The van der Waals surface area contributed by atoms with E-state index in [0.717, 1.165) is 5.56 Å². The monoisotopic (exact) mass is 345 g/mol. The van der Waals surface area contributed by atoms with Crippen LogP contribution in [-0.2, 0) is 9.53 Å². The summed E-state index contributed by atoms with van der Waals surface area (Å²) in [6.07, 6.45) is 3.33. The molecule has 2 heterocycles. The van der Waals surface area contributed by atoms with Gasteiger partial charge >= 0.3 is 0 Å². The van der Waals surface area contributed by atoms with Crippen LogP contribution < -0.4 is 0 Å². The summed E-state index contributed by atoms with van der Waals surface area (Å²) in [4.78, 5) is 18.4. The second-order valence-electron chi connectivity index (χ2n) is 6.07. The number of hydrogen-bond acceptors (Lipinski definition) is 5. The lowest BCUT2D eigenvalue weighted by atomic mass is 10.1. The summed E-state index contributed by atoms with van der Waals surface area (Å²) in [7, 11) is 0. The minimum absolute atomic E-state index is 0.00486. The molecule has 2 aromatic rings. The van der Waals surface area contributed by atoms with Crippen LogP contribution >= 0.6 is 0 Å². The van der Waals surface area contributed by atoms with Gasteiger partial charge in [-0.05, 0) is 31.5 Å². The van der Waals surface area contributed by atoms with Crippen LogP contribution in [0.2, 0.25) is 0 Å². The fourth-order valence-electron chi connectivity index (χ4n) is 2.73. The lowest BCUT2D eigenvalue weighted by molar-refractivity contribution is -0.145. The number of benzene rings is 1. The minimum atomic E-state index is -0.407. The molecule has 0 radical (unpaired) electrons. The Balaban J connectivity index is 1.59. The van der Waals surface area contributed by atoms with Gasteiger partial charge in [0.25, 0.3) is 5.89 Å². The third kappa shape index (κ3) is 4.51. The third-order valence-electron chi connectivity index (χ3n) is 3.90.